The Kier molecular flexibility index (Phi) is 5.91. The van der Waals surface area contributed by atoms with Gasteiger partial charge in [-0.15, -0.1) is 0 Å². The first-order valence-corrected chi connectivity index (χ1v) is 11.6. The first-order valence-electron chi connectivity index (χ1n) is 9.70. The van der Waals surface area contributed by atoms with Gasteiger partial charge in [-0.2, -0.15) is 15.0 Å². The molecule has 4 rings (SSSR count). The number of nitrogens with one attached hydrogen (secondary N) is 2. The largest absolute Gasteiger partial charge is 0.381 e. The summed E-state index contributed by atoms with van der Waals surface area (Å²) in [7, 11) is -3.31. The van der Waals surface area contributed by atoms with Crippen LogP contribution in [0.3, 0.4) is 0 Å². The summed E-state index contributed by atoms with van der Waals surface area (Å²) in [6.07, 6.45) is 2.94. The normalized spacial score (nSPS) is 15.0. The van der Waals surface area contributed by atoms with Crippen molar-refractivity contribution in [3.8, 4) is 11.4 Å². The van der Waals surface area contributed by atoms with Gasteiger partial charge in [0.05, 0.1) is 4.90 Å². The number of nitrogens with zero attached hydrogens (tertiary/aromatic N) is 3. The van der Waals surface area contributed by atoms with Crippen LogP contribution in [0.1, 0.15) is 12.8 Å². The Morgan fingerprint density at radius 3 is 2.40 bits per heavy atom. The number of sulfone groups is 1. The van der Waals surface area contributed by atoms with E-state index >= 15 is 0 Å². The van der Waals surface area contributed by atoms with E-state index in [1.807, 2.05) is 30.3 Å². The third-order valence-corrected chi connectivity index (χ3v) is 5.85. The number of ether oxygens (including phenoxy) is 1. The predicted molar refractivity (Wildman–Crippen MR) is 116 cm³/mol. The highest BCUT2D eigenvalue weighted by atomic mass is 32.2. The van der Waals surface area contributed by atoms with Crippen LogP contribution in [0.5, 0.6) is 0 Å². The lowest BCUT2D eigenvalue weighted by molar-refractivity contribution is 0.0903. The van der Waals surface area contributed by atoms with Crippen molar-refractivity contribution in [2.24, 2.45) is 0 Å². The number of hydrogen-bond donors (Lipinski definition) is 2. The molecule has 0 atom stereocenters. The van der Waals surface area contributed by atoms with E-state index in [-0.39, 0.29) is 10.9 Å². The van der Waals surface area contributed by atoms with Crippen LogP contribution in [-0.2, 0) is 14.6 Å². The van der Waals surface area contributed by atoms with Crippen molar-refractivity contribution in [2.75, 3.05) is 30.1 Å². The van der Waals surface area contributed by atoms with E-state index in [9.17, 15) is 8.42 Å². The Bertz CT molecular complexity index is 1120. The Morgan fingerprint density at radius 2 is 1.67 bits per heavy atom. The smallest absolute Gasteiger partial charge is 0.232 e. The van der Waals surface area contributed by atoms with Crippen molar-refractivity contribution in [2.45, 2.75) is 23.8 Å². The zero-order valence-corrected chi connectivity index (χ0v) is 17.4. The highest BCUT2D eigenvalue weighted by Gasteiger charge is 2.17. The maximum Gasteiger partial charge on any atom is 0.232 e. The van der Waals surface area contributed by atoms with Crippen molar-refractivity contribution < 1.29 is 13.2 Å². The fourth-order valence-corrected chi connectivity index (χ4v) is 3.84. The highest BCUT2D eigenvalue weighted by Crippen LogP contribution is 2.23. The summed E-state index contributed by atoms with van der Waals surface area (Å²) in [4.78, 5) is 13.9. The first kappa shape index (κ1) is 20.2. The Labute approximate surface area is 175 Å². The monoisotopic (exact) mass is 425 g/mol. The van der Waals surface area contributed by atoms with Crippen molar-refractivity contribution in [3.63, 3.8) is 0 Å². The van der Waals surface area contributed by atoms with Crippen LogP contribution in [0.4, 0.5) is 17.6 Å². The summed E-state index contributed by atoms with van der Waals surface area (Å²) >= 11 is 0. The molecule has 30 heavy (non-hydrogen) atoms. The van der Waals surface area contributed by atoms with Crippen LogP contribution < -0.4 is 10.6 Å². The van der Waals surface area contributed by atoms with Gasteiger partial charge in [-0.3, -0.25) is 0 Å². The molecule has 156 valence electrons. The van der Waals surface area contributed by atoms with E-state index in [4.69, 9.17) is 4.74 Å². The second-order valence-electron chi connectivity index (χ2n) is 7.13. The molecule has 2 heterocycles. The molecule has 2 aromatic carbocycles. The number of aromatic nitrogens is 3. The third-order valence-electron chi connectivity index (χ3n) is 4.74. The number of anilines is 3. The van der Waals surface area contributed by atoms with E-state index in [1.165, 1.54) is 6.26 Å². The molecule has 1 aromatic heterocycles. The van der Waals surface area contributed by atoms with Crippen LogP contribution in [0.25, 0.3) is 11.4 Å². The van der Waals surface area contributed by atoms with Gasteiger partial charge in [0, 0.05) is 36.8 Å². The van der Waals surface area contributed by atoms with Gasteiger partial charge in [0.2, 0.25) is 11.9 Å². The Hall–Kier alpha value is -3.04. The number of rotatable bonds is 6. The lowest BCUT2D eigenvalue weighted by Gasteiger charge is -2.23. The summed E-state index contributed by atoms with van der Waals surface area (Å²) in [5.41, 5.74) is 1.45. The zero-order valence-electron chi connectivity index (χ0n) is 16.6. The molecule has 0 spiro atoms. The third kappa shape index (κ3) is 5.11. The second kappa shape index (κ2) is 8.76. The Morgan fingerprint density at radius 1 is 0.933 bits per heavy atom. The molecule has 1 aliphatic heterocycles. The van der Waals surface area contributed by atoms with Crippen LogP contribution in [-0.4, -0.2) is 48.9 Å². The molecule has 0 bridgehead atoms. The first-order chi connectivity index (χ1) is 14.5. The van der Waals surface area contributed by atoms with E-state index in [1.54, 1.807) is 24.3 Å². The lowest BCUT2D eigenvalue weighted by atomic mass is 10.1. The van der Waals surface area contributed by atoms with Gasteiger partial charge in [-0.25, -0.2) is 8.42 Å². The number of hydrogen-bond acceptors (Lipinski definition) is 8. The van der Waals surface area contributed by atoms with Crippen molar-refractivity contribution in [1.82, 2.24) is 15.0 Å². The summed E-state index contributed by atoms with van der Waals surface area (Å²) < 4.78 is 29.1. The average Bonchev–Trinajstić information content (AvgIpc) is 2.74. The van der Waals surface area contributed by atoms with Gasteiger partial charge in [0.1, 0.15) is 0 Å². The minimum absolute atomic E-state index is 0.227. The molecule has 8 nitrogen and oxygen atoms in total. The van der Waals surface area contributed by atoms with Gasteiger partial charge in [0.25, 0.3) is 0 Å². The van der Waals surface area contributed by atoms with Crippen LogP contribution in [0.15, 0.2) is 59.5 Å². The molecule has 3 aromatic rings. The average molecular weight is 426 g/mol. The molecule has 1 fully saturated rings. The molecule has 0 radical (unpaired) electrons. The molecule has 0 aliphatic carbocycles. The summed E-state index contributed by atoms with van der Waals surface area (Å²) in [6.45, 7) is 1.41. The fraction of sp³-hybridized carbons (Fsp3) is 0.286. The van der Waals surface area contributed by atoms with Crippen LogP contribution >= 0.6 is 0 Å². The van der Waals surface area contributed by atoms with Crippen molar-refractivity contribution >= 4 is 27.4 Å². The topological polar surface area (TPSA) is 106 Å². The second-order valence-corrected chi connectivity index (χ2v) is 9.14. The number of benzene rings is 2. The van der Waals surface area contributed by atoms with Crippen molar-refractivity contribution in [3.05, 3.63) is 54.6 Å². The molecular weight excluding hydrogens is 402 g/mol. The maximum absolute atomic E-state index is 11.9. The van der Waals surface area contributed by atoms with Gasteiger partial charge < -0.3 is 15.4 Å². The van der Waals surface area contributed by atoms with Gasteiger partial charge in [0.15, 0.2) is 15.7 Å². The molecule has 1 aliphatic rings. The van der Waals surface area contributed by atoms with Crippen LogP contribution in [0, 0.1) is 0 Å². The SMILES string of the molecule is CS(=O)(=O)c1cccc(Nc2nc(NC3CCOCC3)nc(-c3ccccc3)n2)c1. The Balaban J connectivity index is 1.67. The minimum Gasteiger partial charge on any atom is -0.381 e. The maximum atomic E-state index is 11.9. The van der Waals surface area contributed by atoms with E-state index in [2.05, 4.69) is 25.6 Å². The fourth-order valence-electron chi connectivity index (χ4n) is 3.17. The van der Waals surface area contributed by atoms with Crippen LogP contribution in [0.2, 0.25) is 0 Å². The highest BCUT2D eigenvalue weighted by molar-refractivity contribution is 7.90. The molecule has 1 saturated heterocycles. The summed E-state index contributed by atoms with van der Waals surface area (Å²) in [5.74, 6) is 1.34. The van der Waals surface area contributed by atoms with E-state index < -0.39 is 9.84 Å². The predicted octanol–water partition coefficient (Wildman–Crippen LogP) is 3.28. The molecule has 0 unspecified atom stereocenters. The summed E-state index contributed by atoms with van der Waals surface area (Å²) in [6, 6.07) is 16.4. The molecule has 2 N–H and O–H groups in total. The quantitative estimate of drug-likeness (QED) is 0.620. The molecular formula is C21H23N5O3S. The molecule has 9 heteroatoms. The van der Waals surface area contributed by atoms with E-state index in [0.717, 1.165) is 18.4 Å². The van der Waals surface area contributed by atoms with E-state index in [0.29, 0.717) is 36.6 Å². The standard InChI is InChI=1S/C21H23N5O3S/c1-30(27,28)18-9-5-8-17(14-18)23-21-25-19(15-6-3-2-4-7-15)24-20(26-21)22-16-10-12-29-13-11-16/h2-9,14,16H,10-13H2,1H3,(H2,22,23,24,25,26). The minimum atomic E-state index is -3.31. The molecule has 0 saturated carbocycles. The van der Waals surface area contributed by atoms with Crippen molar-refractivity contribution in [1.29, 1.82) is 0 Å². The van der Waals surface area contributed by atoms with Gasteiger partial charge in [-0.05, 0) is 31.0 Å². The summed E-state index contributed by atoms with van der Waals surface area (Å²) in [5, 5.41) is 6.49. The van der Waals surface area contributed by atoms with Gasteiger partial charge >= 0.3 is 0 Å². The molecule has 0 amide bonds. The zero-order chi connectivity index (χ0) is 21.0. The lowest BCUT2D eigenvalue weighted by Crippen LogP contribution is -2.28. The van der Waals surface area contributed by atoms with Gasteiger partial charge in [-0.1, -0.05) is 36.4 Å².